The predicted molar refractivity (Wildman–Crippen MR) is 75.0 cm³/mol. The number of sulfone groups is 1. The highest BCUT2D eigenvalue weighted by Crippen LogP contribution is 2.43. The molecule has 1 aliphatic carbocycles. The third kappa shape index (κ3) is 1.52. The van der Waals surface area contributed by atoms with Crippen LogP contribution in [0, 0.1) is 0 Å². The van der Waals surface area contributed by atoms with E-state index >= 15 is 0 Å². The van der Waals surface area contributed by atoms with E-state index in [1.807, 2.05) is 24.3 Å². The molecule has 20 heavy (non-hydrogen) atoms. The van der Waals surface area contributed by atoms with Gasteiger partial charge in [-0.15, -0.1) is 0 Å². The molecule has 0 spiro atoms. The van der Waals surface area contributed by atoms with Crippen LogP contribution in [0.1, 0.15) is 24.8 Å². The molecule has 3 aliphatic heterocycles. The Morgan fingerprint density at radius 1 is 1.20 bits per heavy atom. The highest BCUT2D eigenvalue weighted by atomic mass is 32.2. The third-order valence-electron chi connectivity index (χ3n) is 4.81. The van der Waals surface area contributed by atoms with E-state index in [0.717, 1.165) is 24.1 Å². The first-order valence-electron chi connectivity index (χ1n) is 6.85. The smallest absolute Gasteiger partial charge is 0.245 e. The van der Waals surface area contributed by atoms with Gasteiger partial charge in [0.05, 0.1) is 5.25 Å². The molecule has 5 rings (SSSR count). The Kier molecular flexibility index (Phi) is 2.24. The minimum atomic E-state index is -3.19. The molecule has 2 bridgehead atoms. The van der Waals surface area contributed by atoms with Crippen molar-refractivity contribution < 1.29 is 13.2 Å². The fourth-order valence-corrected chi connectivity index (χ4v) is 4.97. The van der Waals surface area contributed by atoms with Gasteiger partial charge >= 0.3 is 0 Å². The second kappa shape index (κ2) is 3.62. The first kappa shape index (κ1) is 12.3. The number of benzene rings is 1. The summed E-state index contributed by atoms with van der Waals surface area (Å²) in [6, 6.07) is 7.64. The van der Waals surface area contributed by atoms with Crippen molar-refractivity contribution in [3.8, 4) is 0 Å². The Balaban J connectivity index is 1.61. The predicted octanol–water partition coefficient (Wildman–Crippen LogP) is 0.537. The van der Waals surface area contributed by atoms with E-state index in [1.54, 1.807) is 4.90 Å². The number of fused-ring (bicyclic) bond motifs is 2. The summed E-state index contributed by atoms with van der Waals surface area (Å²) < 4.78 is 23.5. The van der Waals surface area contributed by atoms with Crippen LogP contribution in [0.2, 0.25) is 0 Å². The van der Waals surface area contributed by atoms with Crippen LogP contribution in [0.5, 0.6) is 0 Å². The molecule has 1 aromatic carbocycles. The lowest BCUT2D eigenvalue weighted by Crippen LogP contribution is -2.65. The summed E-state index contributed by atoms with van der Waals surface area (Å²) in [5.74, 6) is -0.283. The van der Waals surface area contributed by atoms with Crippen LogP contribution in [-0.2, 0) is 20.2 Å². The number of carbonyl (C=O) groups is 1. The van der Waals surface area contributed by atoms with Gasteiger partial charge in [0.1, 0.15) is 5.25 Å². The first-order chi connectivity index (χ1) is 9.42. The molecule has 0 radical (unpaired) electrons. The number of hydrogen-bond donors (Lipinski definition) is 1. The average Bonchev–Trinajstić information content (AvgIpc) is 3.18. The summed E-state index contributed by atoms with van der Waals surface area (Å²) >= 11 is 0. The van der Waals surface area contributed by atoms with E-state index in [2.05, 4.69) is 0 Å². The Hall–Kier alpha value is -1.40. The van der Waals surface area contributed by atoms with Crippen molar-refractivity contribution in [2.24, 2.45) is 5.73 Å². The number of nitrogens with zero attached hydrogens (tertiary/aromatic N) is 1. The van der Waals surface area contributed by atoms with E-state index in [1.165, 1.54) is 0 Å². The second-order valence-electron chi connectivity index (χ2n) is 6.09. The van der Waals surface area contributed by atoms with E-state index in [-0.39, 0.29) is 23.2 Å². The number of hydrogen-bond acceptors (Lipinski definition) is 4. The molecule has 6 heteroatoms. The van der Waals surface area contributed by atoms with Crippen LogP contribution >= 0.6 is 0 Å². The molecule has 0 aromatic heterocycles. The molecule has 2 atom stereocenters. The fourth-order valence-electron chi connectivity index (χ4n) is 3.13. The van der Waals surface area contributed by atoms with Crippen molar-refractivity contribution in [1.29, 1.82) is 0 Å². The minimum Gasteiger partial charge on any atom is -0.321 e. The topological polar surface area (TPSA) is 80.5 Å². The van der Waals surface area contributed by atoms with Crippen molar-refractivity contribution in [2.75, 3.05) is 11.4 Å². The summed E-state index contributed by atoms with van der Waals surface area (Å²) in [6.07, 6.45) is 2.48. The maximum atomic E-state index is 12.2. The van der Waals surface area contributed by atoms with Gasteiger partial charge in [0.15, 0.2) is 9.84 Å². The molecular weight excluding hydrogens is 276 g/mol. The van der Waals surface area contributed by atoms with Crippen LogP contribution in [0.3, 0.4) is 0 Å². The van der Waals surface area contributed by atoms with Crippen molar-refractivity contribution in [3.63, 3.8) is 0 Å². The van der Waals surface area contributed by atoms with Gasteiger partial charge in [0.2, 0.25) is 5.91 Å². The zero-order chi connectivity index (χ0) is 14.1. The van der Waals surface area contributed by atoms with Gasteiger partial charge in [-0.2, -0.15) is 0 Å². The highest BCUT2D eigenvalue weighted by molar-refractivity contribution is 7.95. The van der Waals surface area contributed by atoms with Gasteiger partial charge in [-0.05, 0) is 37.0 Å². The molecule has 3 heterocycles. The van der Waals surface area contributed by atoms with Gasteiger partial charge in [-0.25, -0.2) is 8.42 Å². The van der Waals surface area contributed by atoms with E-state index in [9.17, 15) is 13.2 Å². The van der Waals surface area contributed by atoms with Gasteiger partial charge < -0.3 is 10.6 Å². The third-order valence-corrected chi connectivity index (χ3v) is 7.27. The maximum absolute atomic E-state index is 12.2. The van der Waals surface area contributed by atoms with Crippen LogP contribution in [0.4, 0.5) is 5.69 Å². The molecule has 3 saturated heterocycles. The molecule has 1 aromatic rings. The van der Waals surface area contributed by atoms with Crippen molar-refractivity contribution in [2.45, 2.75) is 35.3 Å². The first-order valence-corrected chi connectivity index (χ1v) is 8.46. The van der Waals surface area contributed by atoms with Crippen LogP contribution in [0.15, 0.2) is 24.3 Å². The summed E-state index contributed by atoms with van der Waals surface area (Å²) in [6.45, 7) is 0.283. The lowest BCUT2D eigenvalue weighted by atomic mass is 10.0. The van der Waals surface area contributed by atoms with Crippen molar-refractivity contribution in [1.82, 2.24) is 0 Å². The zero-order valence-electron chi connectivity index (χ0n) is 11.0. The number of anilines is 1. The van der Waals surface area contributed by atoms with Gasteiger partial charge in [0, 0.05) is 17.8 Å². The Morgan fingerprint density at radius 3 is 2.35 bits per heavy atom. The monoisotopic (exact) mass is 292 g/mol. The average molecular weight is 292 g/mol. The Labute approximate surface area is 117 Å². The van der Waals surface area contributed by atoms with E-state index in [4.69, 9.17) is 5.73 Å². The highest BCUT2D eigenvalue weighted by Gasteiger charge is 2.57. The largest absolute Gasteiger partial charge is 0.321 e. The summed E-state index contributed by atoms with van der Waals surface area (Å²) in [5, 5.41) is -1.20. The van der Waals surface area contributed by atoms with Gasteiger partial charge in [0.25, 0.3) is 0 Å². The standard InChI is InChI=1S/C14H16N2O3S/c15-14(5-6-14)9-1-3-10(4-2-9)16-8-11-7-12(13(16)17)20(11,18)19/h1-4,11-12H,5-8,15H2. The molecule has 2 N–H and O–H groups in total. The number of carbonyl (C=O) groups excluding carboxylic acids is 1. The number of piperidine rings is 1. The number of amides is 1. The molecule has 2 unspecified atom stereocenters. The van der Waals surface area contributed by atoms with Crippen LogP contribution < -0.4 is 10.6 Å². The van der Waals surface area contributed by atoms with Crippen LogP contribution in [0.25, 0.3) is 0 Å². The molecule has 5 nitrogen and oxygen atoms in total. The lowest BCUT2D eigenvalue weighted by molar-refractivity contribution is -0.119. The van der Waals surface area contributed by atoms with Crippen LogP contribution in [-0.4, -0.2) is 31.4 Å². The van der Waals surface area contributed by atoms with Gasteiger partial charge in [-0.3, -0.25) is 4.79 Å². The molecule has 4 fully saturated rings. The molecule has 1 saturated carbocycles. The summed E-state index contributed by atoms with van der Waals surface area (Å²) in [5.41, 5.74) is 7.80. The molecule has 4 aliphatic rings. The second-order valence-corrected chi connectivity index (χ2v) is 8.50. The molecular formula is C14H16N2O3S. The SMILES string of the molecule is NC1(c2ccc(N3CC4CC(C3=O)S4(=O)=O)cc2)CC1. The summed E-state index contributed by atoms with van der Waals surface area (Å²) in [4.78, 5) is 13.8. The molecule has 106 valence electrons. The number of nitrogens with two attached hydrogens (primary N) is 1. The van der Waals surface area contributed by atoms with Crippen molar-refractivity contribution in [3.05, 3.63) is 29.8 Å². The zero-order valence-corrected chi connectivity index (χ0v) is 11.8. The van der Waals surface area contributed by atoms with E-state index in [0.29, 0.717) is 6.42 Å². The fraction of sp³-hybridized carbons (Fsp3) is 0.500. The van der Waals surface area contributed by atoms with Gasteiger partial charge in [-0.1, -0.05) is 12.1 Å². The van der Waals surface area contributed by atoms with E-state index < -0.39 is 15.1 Å². The minimum absolute atomic E-state index is 0.185. The molecule has 1 amide bonds. The Morgan fingerprint density at radius 2 is 1.85 bits per heavy atom. The number of rotatable bonds is 2. The quantitative estimate of drug-likeness (QED) is 0.862. The lowest BCUT2D eigenvalue weighted by Gasteiger charge is -2.45. The maximum Gasteiger partial charge on any atom is 0.245 e. The normalized spacial score (nSPS) is 32.6. The summed E-state index contributed by atoms with van der Waals surface area (Å²) in [7, 11) is -3.19. The van der Waals surface area contributed by atoms with Crippen molar-refractivity contribution >= 4 is 21.4 Å². The Bertz CT molecular complexity index is 692.